The molecule has 5 nitrogen and oxygen atoms in total. The van der Waals surface area contributed by atoms with Gasteiger partial charge in [-0.2, -0.15) is 0 Å². The van der Waals surface area contributed by atoms with Gasteiger partial charge in [0.1, 0.15) is 17.3 Å². The van der Waals surface area contributed by atoms with Crippen molar-refractivity contribution >= 4 is 5.91 Å². The third kappa shape index (κ3) is 4.77. The van der Waals surface area contributed by atoms with Gasteiger partial charge >= 0.3 is 0 Å². The molecule has 1 aliphatic heterocycles. The minimum absolute atomic E-state index is 0.0477. The first-order valence-corrected chi connectivity index (χ1v) is 8.89. The van der Waals surface area contributed by atoms with Gasteiger partial charge in [0.15, 0.2) is 0 Å². The van der Waals surface area contributed by atoms with Crippen molar-refractivity contribution in [3.8, 4) is 11.5 Å². The molecule has 0 saturated carbocycles. The van der Waals surface area contributed by atoms with Crippen molar-refractivity contribution in [2.75, 3.05) is 14.2 Å². The molecule has 3 rings (SSSR count). The maximum absolute atomic E-state index is 13.3. The van der Waals surface area contributed by atoms with Crippen LogP contribution in [0.3, 0.4) is 0 Å². The van der Waals surface area contributed by atoms with Crippen LogP contribution in [0, 0.1) is 5.82 Å². The van der Waals surface area contributed by atoms with Crippen LogP contribution in [-0.4, -0.2) is 26.2 Å². The Morgan fingerprint density at radius 2 is 1.56 bits per heavy atom. The van der Waals surface area contributed by atoms with Gasteiger partial charge in [0.2, 0.25) is 5.91 Å². The van der Waals surface area contributed by atoms with Crippen LogP contribution in [0.15, 0.2) is 42.5 Å². The van der Waals surface area contributed by atoms with E-state index in [9.17, 15) is 9.18 Å². The molecule has 1 saturated heterocycles. The number of ether oxygens (including phenoxy) is 3. The van der Waals surface area contributed by atoms with E-state index >= 15 is 0 Å². The quantitative estimate of drug-likeness (QED) is 0.863. The van der Waals surface area contributed by atoms with Crippen LogP contribution in [0.25, 0.3) is 0 Å². The third-order valence-corrected chi connectivity index (χ3v) is 4.72. The van der Waals surface area contributed by atoms with Gasteiger partial charge in [-0.25, -0.2) is 4.39 Å². The standard InChI is InChI=1S/C21H24FNO4/c1-13(24)23-17-10-20(14-4-6-16(22)7-5-14)27-21(11-17)15-8-18(25-2)12-19(9-15)26-3/h4-9,12,17,20-21H,10-11H2,1-3H3,(H,23,24)/t17-,20-,21+/m0/s1. The van der Waals surface area contributed by atoms with Crippen LogP contribution in [-0.2, 0) is 9.53 Å². The van der Waals surface area contributed by atoms with Gasteiger partial charge in [-0.15, -0.1) is 0 Å². The number of nitrogens with one attached hydrogen (secondary N) is 1. The lowest BCUT2D eigenvalue weighted by atomic mass is 9.91. The van der Waals surface area contributed by atoms with Gasteiger partial charge in [0.25, 0.3) is 0 Å². The van der Waals surface area contributed by atoms with Crippen LogP contribution in [0.5, 0.6) is 11.5 Å². The van der Waals surface area contributed by atoms with E-state index in [-0.39, 0.29) is 30.0 Å². The Balaban J connectivity index is 1.91. The summed E-state index contributed by atoms with van der Waals surface area (Å²) in [5.74, 6) is 0.977. The number of amides is 1. The monoisotopic (exact) mass is 373 g/mol. The topological polar surface area (TPSA) is 56.8 Å². The second kappa shape index (κ2) is 8.39. The van der Waals surface area contributed by atoms with E-state index in [1.54, 1.807) is 32.4 Å². The number of carbonyl (C=O) groups excluding carboxylic acids is 1. The van der Waals surface area contributed by atoms with Crippen molar-refractivity contribution in [2.24, 2.45) is 0 Å². The molecule has 144 valence electrons. The van der Waals surface area contributed by atoms with Crippen LogP contribution in [0.4, 0.5) is 4.39 Å². The van der Waals surface area contributed by atoms with Gasteiger partial charge in [-0.3, -0.25) is 4.79 Å². The Hall–Kier alpha value is -2.60. The second-order valence-corrected chi connectivity index (χ2v) is 6.68. The highest BCUT2D eigenvalue weighted by molar-refractivity contribution is 5.73. The molecule has 0 bridgehead atoms. The molecule has 1 N–H and O–H groups in total. The van der Waals surface area contributed by atoms with Crippen molar-refractivity contribution < 1.29 is 23.4 Å². The van der Waals surface area contributed by atoms with E-state index in [4.69, 9.17) is 14.2 Å². The summed E-state index contributed by atoms with van der Waals surface area (Å²) >= 11 is 0. The molecule has 1 amide bonds. The van der Waals surface area contributed by atoms with E-state index in [0.29, 0.717) is 24.3 Å². The SMILES string of the molecule is COc1cc(OC)cc([C@H]2C[C@@H](NC(C)=O)C[C@@H](c3ccc(F)cc3)O2)c1. The van der Waals surface area contributed by atoms with Gasteiger partial charge in [0.05, 0.1) is 26.4 Å². The Morgan fingerprint density at radius 3 is 2.07 bits per heavy atom. The zero-order valence-electron chi connectivity index (χ0n) is 15.7. The minimum atomic E-state index is -0.290. The minimum Gasteiger partial charge on any atom is -0.497 e. The number of carbonyl (C=O) groups is 1. The summed E-state index contributed by atoms with van der Waals surface area (Å²) < 4.78 is 30.3. The predicted octanol–water partition coefficient (Wildman–Crippen LogP) is 3.94. The van der Waals surface area contributed by atoms with E-state index < -0.39 is 0 Å². The van der Waals surface area contributed by atoms with Gasteiger partial charge in [-0.05, 0) is 48.2 Å². The molecule has 3 atom stereocenters. The highest BCUT2D eigenvalue weighted by Crippen LogP contribution is 2.40. The Kier molecular flexibility index (Phi) is 5.96. The van der Waals surface area contributed by atoms with Crippen molar-refractivity contribution in [1.29, 1.82) is 0 Å². The summed E-state index contributed by atoms with van der Waals surface area (Å²) in [4.78, 5) is 11.6. The third-order valence-electron chi connectivity index (χ3n) is 4.72. The van der Waals surface area contributed by atoms with E-state index in [1.807, 2.05) is 12.1 Å². The molecular formula is C21H24FNO4. The van der Waals surface area contributed by atoms with Crippen LogP contribution in [0.1, 0.15) is 43.1 Å². The summed E-state index contributed by atoms with van der Waals surface area (Å²) in [6, 6.07) is 11.9. The van der Waals surface area contributed by atoms with Crippen LogP contribution < -0.4 is 14.8 Å². The number of benzene rings is 2. The Labute approximate surface area is 158 Å². The zero-order valence-corrected chi connectivity index (χ0v) is 15.7. The molecule has 0 unspecified atom stereocenters. The molecule has 0 radical (unpaired) electrons. The van der Waals surface area contributed by atoms with Crippen LogP contribution in [0.2, 0.25) is 0 Å². The zero-order chi connectivity index (χ0) is 19.4. The lowest BCUT2D eigenvalue weighted by molar-refractivity contribution is -0.122. The molecule has 2 aromatic carbocycles. The lowest BCUT2D eigenvalue weighted by Crippen LogP contribution is -2.39. The Morgan fingerprint density at radius 1 is 1.00 bits per heavy atom. The fourth-order valence-corrected chi connectivity index (χ4v) is 3.45. The van der Waals surface area contributed by atoms with E-state index in [2.05, 4.69) is 5.32 Å². The number of hydrogen-bond donors (Lipinski definition) is 1. The highest BCUT2D eigenvalue weighted by atomic mass is 19.1. The number of methoxy groups -OCH3 is 2. The summed E-state index contributed by atoms with van der Waals surface area (Å²) in [5, 5.41) is 2.99. The maximum atomic E-state index is 13.3. The molecule has 27 heavy (non-hydrogen) atoms. The predicted molar refractivity (Wildman–Crippen MR) is 99.4 cm³/mol. The Bertz CT molecular complexity index is 771. The number of halogens is 1. The average molecular weight is 373 g/mol. The fraction of sp³-hybridized carbons (Fsp3) is 0.381. The smallest absolute Gasteiger partial charge is 0.217 e. The molecule has 6 heteroatoms. The number of rotatable bonds is 5. The summed E-state index contributed by atoms with van der Waals surface area (Å²) in [6.07, 6.45) is 0.754. The van der Waals surface area contributed by atoms with Crippen molar-refractivity contribution in [3.05, 3.63) is 59.4 Å². The molecule has 2 aromatic rings. The normalized spacial score (nSPS) is 22.1. The molecule has 0 spiro atoms. The van der Waals surface area contributed by atoms with Crippen molar-refractivity contribution in [3.63, 3.8) is 0 Å². The van der Waals surface area contributed by atoms with E-state index in [1.165, 1.54) is 19.1 Å². The lowest BCUT2D eigenvalue weighted by Gasteiger charge is -2.36. The van der Waals surface area contributed by atoms with Crippen molar-refractivity contribution in [1.82, 2.24) is 5.32 Å². The second-order valence-electron chi connectivity index (χ2n) is 6.68. The first kappa shape index (κ1) is 19.2. The first-order valence-electron chi connectivity index (χ1n) is 8.89. The maximum Gasteiger partial charge on any atom is 0.217 e. The highest BCUT2D eigenvalue weighted by Gasteiger charge is 2.32. The molecule has 1 fully saturated rings. The molecule has 0 aliphatic carbocycles. The summed E-state index contributed by atoms with van der Waals surface area (Å²) in [7, 11) is 3.20. The molecule has 1 heterocycles. The van der Waals surface area contributed by atoms with Crippen LogP contribution >= 0.6 is 0 Å². The molecular weight excluding hydrogens is 349 g/mol. The largest absolute Gasteiger partial charge is 0.497 e. The molecule has 0 aromatic heterocycles. The van der Waals surface area contributed by atoms with Gasteiger partial charge in [-0.1, -0.05) is 12.1 Å². The summed E-state index contributed by atoms with van der Waals surface area (Å²) in [5.41, 5.74) is 1.79. The number of hydrogen-bond acceptors (Lipinski definition) is 4. The average Bonchev–Trinajstić information content (AvgIpc) is 2.67. The summed E-state index contributed by atoms with van der Waals surface area (Å²) in [6.45, 7) is 1.51. The van der Waals surface area contributed by atoms with E-state index in [0.717, 1.165) is 11.1 Å². The first-order chi connectivity index (χ1) is 13.0. The van der Waals surface area contributed by atoms with Gasteiger partial charge < -0.3 is 19.5 Å². The molecule has 1 aliphatic rings. The van der Waals surface area contributed by atoms with Gasteiger partial charge in [0, 0.05) is 19.0 Å². The van der Waals surface area contributed by atoms with Crippen molar-refractivity contribution in [2.45, 2.75) is 38.0 Å². The fourth-order valence-electron chi connectivity index (χ4n) is 3.45.